The minimum absolute atomic E-state index is 0.0708. The van der Waals surface area contributed by atoms with Gasteiger partial charge in [0.25, 0.3) is 0 Å². The van der Waals surface area contributed by atoms with Gasteiger partial charge >= 0.3 is 0 Å². The molecule has 0 unspecified atom stereocenters. The number of nitrogens with one attached hydrogen (secondary N) is 1. The number of rotatable bonds is 5. The fraction of sp³-hybridized carbons (Fsp3) is 0.318. The summed E-state index contributed by atoms with van der Waals surface area (Å²) < 4.78 is 5.30. The van der Waals surface area contributed by atoms with Crippen molar-refractivity contribution in [2.45, 2.75) is 46.0 Å². The zero-order valence-electron chi connectivity index (χ0n) is 16.2. The first kappa shape index (κ1) is 18.8. The third-order valence-electron chi connectivity index (χ3n) is 4.46. The number of carbonyl (C=O) groups is 1. The van der Waals surface area contributed by atoms with Crippen LogP contribution in [0.4, 0.5) is 5.69 Å². The number of hydrogen-bond donors (Lipinski definition) is 1. The number of hydrogen-bond acceptors (Lipinski definition) is 4. The smallest absolute Gasteiger partial charge is 0.227 e. The van der Waals surface area contributed by atoms with E-state index in [9.17, 15) is 4.79 Å². The molecule has 0 aliphatic rings. The maximum atomic E-state index is 12.1. The van der Waals surface area contributed by atoms with E-state index in [0.717, 1.165) is 16.8 Å². The van der Waals surface area contributed by atoms with E-state index < -0.39 is 0 Å². The van der Waals surface area contributed by atoms with Crippen molar-refractivity contribution >= 4 is 11.6 Å². The predicted molar refractivity (Wildman–Crippen MR) is 107 cm³/mol. The highest BCUT2D eigenvalue weighted by atomic mass is 16.5. The topological polar surface area (TPSA) is 68.0 Å². The Morgan fingerprint density at radius 3 is 2.44 bits per heavy atom. The molecule has 27 heavy (non-hydrogen) atoms. The number of para-hydroxylation sites is 1. The molecule has 3 aromatic rings. The summed E-state index contributed by atoms with van der Waals surface area (Å²) in [7, 11) is 0. The number of aromatic nitrogens is 2. The van der Waals surface area contributed by atoms with Crippen molar-refractivity contribution in [3.63, 3.8) is 0 Å². The van der Waals surface area contributed by atoms with Gasteiger partial charge in [-0.05, 0) is 29.5 Å². The maximum Gasteiger partial charge on any atom is 0.227 e. The summed E-state index contributed by atoms with van der Waals surface area (Å²) in [6.07, 6.45) is 0.698. The summed E-state index contributed by atoms with van der Waals surface area (Å²) in [6, 6.07) is 15.9. The number of anilines is 1. The lowest BCUT2D eigenvalue weighted by atomic mass is 9.87. The van der Waals surface area contributed by atoms with Crippen LogP contribution >= 0.6 is 0 Å². The van der Waals surface area contributed by atoms with Crippen LogP contribution in [0.5, 0.6) is 0 Å². The van der Waals surface area contributed by atoms with Gasteiger partial charge in [0.15, 0.2) is 0 Å². The second kappa shape index (κ2) is 7.74. The molecule has 0 saturated heterocycles. The van der Waals surface area contributed by atoms with Gasteiger partial charge < -0.3 is 9.84 Å². The second-order valence-corrected chi connectivity index (χ2v) is 7.70. The Morgan fingerprint density at radius 1 is 1.07 bits per heavy atom. The summed E-state index contributed by atoms with van der Waals surface area (Å²) >= 11 is 0. The van der Waals surface area contributed by atoms with E-state index in [1.165, 1.54) is 5.56 Å². The molecule has 2 aromatic carbocycles. The Hall–Kier alpha value is -2.95. The van der Waals surface area contributed by atoms with E-state index >= 15 is 0 Å². The number of aryl methyl sites for hydroxylation is 2. The van der Waals surface area contributed by atoms with Gasteiger partial charge in [-0.3, -0.25) is 4.79 Å². The number of nitrogens with zero attached hydrogens (tertiary/aromatic N) is 2. The molecular weight excluding hydrogens is 338 g/mol. The molecular formula is C22H25N3O2. The molecule has 1 amide bonds. The fourth-order valence-corrected chi connectivity index (χ4v) is 2.74. The molecule has 0 atom stereocenters. The van der Waals surface area contributed by atoms with Crippen LogP contribution < -0.4 is 5.32 Å². The van der Waals surface area contributed by atoms with Crippen LogP contribution in [0.25, 0.3) is 11.4 Å². The standard InChI is InChI=1S/C22H25N3O2/c1-15-7-5-6-8-18(15)23-19(26)13-14-20-24-21(25-27-20)16-9-11-17(12-10-16)22(2,3)4/h5-12H,13-14H2,1-4H3,(H,23,26). The van der Waals surface area contributed by atoms with Crippen LogP contribution in [-0.2, 0) is 16.6 Å². The average Bonchev–Trinajstić information content (AvgIpc) is 3.10. The van der Waals surface area contributed by atoms with E-state index in [1.807, 2.05) is 43.3 Å². The Balaban J connectivity index is 1.59. The summed E-state index contributed by atoms with van der Waals surface area (Å²) in [5.41, 5.74) is 4.12. The molecule has 0 saturated carbocycles. The van der Waals surface area contributed by atoms with E-state index in [4.69, 9.17) is 4.52 Å². The van der Waals surface area contributed by atoms with Crippen LogP contribution in [0, 0.1) is 6.92 Å². The molecule has 0 aliphatic heterocycles. The maximum absolute atomic E-state index is 12.1. The second-order valence-electron chi connectivity index (χ2n) is 7.70. The minimum Gasteiger partial charge on any atom is -0.339 e. The van der Waals surface area contributed by atoms with Gasteiger partial charge in [0.05, 0.1) is 0 Å². The molecule has 5 heteroatoms. The first-order chi connectivity index (χ1) is 12.8. The number of carbonyl (C=O) groups excluding carboxylic acids is 1. The van der Waals surface area contributed by atoms with Crippen molar-refractivity contribution in [1.29, 1.82) is 0 Å². The zero-order valence-corrected chi connectivity index (χ0v) is 16.2. The normalized spacial score (nSPS) is 11.4. The van der Waals surface area contributed by atoms with Gasteiger partial charge in [-0.1, -0.05) is 68.4 Å². The minimum atomic E-state index is -0.0708. The van der Waals surface area contributed by atoms with E-state index in [1.54, 1.807) is 0 Å². The van der Waals surface area contributed by atoms with Crippen molar-refractivity contribution in [2.24, 2.45) is 0 Å². The molecule has 1 N–H and O–H groups in total. The summed E-state index contributed by atoms with van der Waals surface area (Å²) in [5, 5.41) is 6.95. The monoisotopic (exact) mass is 363 g/mol. The molecule has 0 spiro atoms. The van der Waals surface area contributed by atoms with Crippen LogP contribution in [-0.4, -0.2) is 16.0 Å². The Bertz CT molecular complexity index is 921. The predicted octanol–water partition coefficient (Wildman–Crippen LogP) is 4.91. The lowest BCUT2D eigenvalue weighted by Gasteiger charge is -2.18. The lowest BCUT2D eigenvalue weighted by molar-refractivity contribution is -0.116. The highest BCUT2D eigenvalue weighted by molar-refractivity contribution is 5.91. The molecule has 0 radical (unpaired) electrons. The van der Waals surface area contributed by atoms with Gasteiger partial charge in [0, 0.05) is 24.1 Å². The van der Waals surface area contributed by atoms with Crippen LogP contribution in [0.2, 0.25) is 0 Å². The molecule has 1 heterocycles. The number of benzene rings is 2. The molecule has 0 aliphatic carbocycles. The molecule has 140 valence electrons. The average molecular weight is 363 g/mol. The Labute approximate surface area is 159 Å². The van der Waals surface area contributed by atoms with Crippen LogP contribution in [0.15, 0.2) is 53.1 Å². The van der Waals surface area contributed by atoms with E-state index in [0.29, 0.717) is 24.6 Å². The van der Waals surface area contributed by atoms with Crippen molar-refractivity contribution in [2.75, 3.05) is 5.32 Å². The highest BCUT2D eigenvalue weighted by Crippen LogP contribution is 2.25. The quantitative estimate of drug-likeness (QED) is 0.699. The number of amides is 1. The van der Waals surface area contributed by atoms with E-state index in [-0.39, 0.29) is 11.3 Å². The Morgan fingerprint density at radius 2 is 1.78 bits per heavy atom. The van der Waals surface area contributed by atoms with Crippen molar-refractivity contribution < 1.29 is 9.32 Å². The zero-order chi connectivity index (χ0) is 19.4. The fourth-order valence-electron chi connectivity index (χ4n) is 2.74. The highest BCUT2D eigenvalue weighted by Gasteiger charge is 2.15. The third-order valence-corrected chi connectivity index (χ3v) is 4.46. The summed E-state index contributed by atoms with van der Waals surface area (Å²) in [6.45, 7) is 8.49. The molecule has 0 bridgehead atoms. The third kappa shape index (κ3) is 4.82. The summed E-state index contributed by atoms with van der Waals surface area (Å²) in [5.74, 6) is 0.938. The first-order valence-electron chi connectivity index (χ1n) is 9.12. The van der Waals surface area contributed by atoms with Crippen LogP contribution in [0.1, 0.15) is 44.2 Å². The Kier molecular flexibility index (Phi) is 5.40. The van der Waals surface area contributed by atoms with Crippen molar-refractivity contribution in [3.05, 3.63) is 65.5 Å². The molecule has 3 rings (SSSR count). The van der Waals surface area contributed by atoms with Crippen LogP contribution in [0.3, 0.4) is 0 Å². The lowest BCUT2D eigenvalue weighted by Crippen LogP contribution is -2.13. The van der Waals surface area contributed by atoms with Gasteiger partial charge in [-0.2, -0.15) is 4.98 Å². The SMILES string of the molecule is Cc1ccccc1NC(=O)CCc1nc(-c2ccc(C(C)(C)C)cc2)no1. The van der Waals surface area contributed by atoms with Crippen molar-refractivity contribution in [3.8, 4) is 11.4 Å². The van der Waals surface area contributed by atoms with Gasteiger partial charge in [0.2, 0.25) is 17.6 Å². The molecule has 0 fully saturated rings. The van der Waals surface area contributed by atoms with Gasteiger partial charge in [-0.15, -0.1) is 0 Å². The van der Waals surface area contributed by atoms with E-state index in [2.05, 4.69) is 48.4 Å². The molecule has 5 nitrogen and oxygen atoms in total. The van der Waals surface area contributed by atoms with Gasteiger partial charge in [-0.25, -0.2) is 0 Å². The first-order valence-corrected chi connectivity index (χ1v) is 9.12. The van der Waals surface area contributed by atoms with Gasteiger partial charge in [0.1, 0.15) is 0 Å². The molecule has 1 aromatic heterocycles. The summed E-state index contributed by atoms with van der Waals surface area (Å²) in [4.78, 5) is 16.6. The largest absolute Gasteiger partial charge is 0.339 e. The van der Waals surface area contributed by atoms with Crippen molar-refractivity contribution in [1.82, 2.24) is 10.1 Å².